The third-order valence-corrected chi connectivity index (χ3v) is 5.18. The molecule has 0 bridgehead atoms. The average molecular weight is 412 g/mol. The zero-order valence-corrected chi connectivity index (χ0v) is 17.5. The molecule has 1 heterocycles. The quantitative estimate of drug-likeness (QED) is 0.364. The number of benzene rings is 4. The zero-order chi connectivity index (χ0) is 19.6. The number of anilines is 1. The molecule has 0 saturated heterocycles. The molecule has 0 unspecified atom stereocenters. The van der Waals surface area contributed by atoms with Gasteiger partial charge in [-0.1, -0.05) is 48.5 Å². The first kappa shape index (κ1) is 19.9. The van der Waals surface area contributed by atoms with Gasteiger partial charge in [0.1, 0.15) is 11.0 Å². The Kier molecular flexibility index (Phi) is 5.64. The summed E-state index contributed by atoms with van der Waals surface area (Å²) in [5.41, 5.74) is 8.76. The molecule has 0 aliphatic rings. The maximum atomic E-state index is 5.00. The molecule has 148 valence electrons. The lowest BCUT2D eigenvalue weighted by atomic mass is 10.0. The molecule has 1 aromatic heterocycles. The van der Waals surface area contributed by atoms with Crippen LogP contribution < -0.4 is 22.3 Å². The molecule has 0 atom stereocenters. The van der Waals surface area contributed by atoms with Crippen LogP contribution in [0.25, 0.3) is 38.9 Å². The predicted molar refractivity (Wildman–Crippen MR) is 120 cm³/mol. The number of nitrogens with zero attached hydrogens (tertiary/aromatic N) is 2. The van der Waals surface area contributed by atoms with Crippen LogP contribution in [0.5, 0.6) is 0 Å². The Morgan fingerprint density at radius 2 is 1.43 bits per heavy atom. The molecular weight excluding hydrogens is 390 g/mol. The fourth-order valence-corrected chi connectivity index (χ4v) is 3.84. The van der Waals surface area contributed by atoms with Crippen molar-refractivity contribution in [1.29, 1.82) is 0 Å². The summed E-state index contributed by atoms with van der Waals surface area (Å²) in [5.74, 6) is 0. The van der Waals surface area contributed by atoms with Gasteiger partial charge in [-0.05, 0) is 42.3 Å². The third kappa shape index (κ3) is 3.60. The van der Waals surface area contributed by atoms with E-state index in [0.717, 1.165) is 40.0 Å². The Balaban J connectivity index is 0.00000218. The van der Waals surface area contributed by atoms with E-state index in [-0.39, 0.29) is 12.4 Å². The number of halogens is 1. The number of fused-ring (bicyclic) bond motifs is 2. The molecule has 5 aromatic rings. The Morgan fingerprint density at radius 1 is 0.700 bits per heavy atom. The predicted octanol–water partition coefficient (Wildman–Crippen LogP) is 2.77. The Hall–Kier alpha value is -3.43. The van der Waals surface area contributed by atoms with Crippen molar-refractivity contribution < 1.29 is 17.0 Å². The van der Waals surface area contributed by atoms with Crippen LogP contribution in [0.1, 0.15) is 6.92 Å². The van der Waals surface area contributed by atoms with Gasteiger partial charge in [-0.2, -0.15) is 0 Å². The van der Waals surface area contributed by atoms with Crippen LogP contribution in [0.2, 0.25) is 0 Å². The molecular formula is C26H22ClN3. The van der Waals surface area contributed by atoms with Crippen molar-refractivity contribution in [2.24, 2.45) is 0 Å². The van der Waals surface area contributed by atoms with E-state index in [1.54, 1.807) is 0 Å². The molecule has 0 aliphatic heterocycles. The number of aromatic nitrogens is 2. The zero-order valence-electron chi connectivity index (χ0n) is 16.7. The second kappa shape index (κ2) is 8.52. The van der Waals surface area contributed by atoms with Gasteiger partial charge >= 0.3 is 0 Å². The van der Waals surface area contributed by atoms with Crippen LogP contribution in [0.4, 0.5) is 5.69 Å². The maximum Gasteiger partial charge on any atom is 0.239 e. The van der Waals surface area contributed by atoms with Gasteiger partial charge in [-0.15, -0.1) is 4.57 Å². The molecule has 0 amide bonds. The van der Waals surface area contributed by atoms with Gasteiger partial charge in [0.25, 0.3) is 0 Å². The first-order valence-corrected chi connectivity index (χ1v) is 9.98. The first-order valence-electron chi connectivity index (χ1n) is 9.98. The summed E-state index contributed by atoms with van der Waals surface area (Å²) in [4.78, 5) is 5.00. The smallest absolute Gasteiger partial charge is 0.239 e. The molecule has 0 spiro atoms. The average Bonchev–Trinajstić information content (AvgIpc) is 2.78. The lowest BCUT2D eigenvalue weighted by molar-refractivity contribution is -0.538. The summed E-state index contributed by atoms with van der Waals surface area (Å²) < 4.78 is 2.30. The summed E-state index contributed by atoms with van der Waals surface area (Å²) >= 11 is 0. The lowest BCUT2D eigenvalue weighted by Gasteiger charge is -2.09. The molecule has 0 aliphatic carbocycles. The van der Waals surface area contributed by atoms with Crippen molar-refractivity contribution >= 4 is 27.8 Å². The van der Waals surface area contributed by atoms with Crippen molar-refractivity contribution in [1.82, 2.24) is 4.98 Å². The van der Waals surface area contributed by atoms with Crippen LogP contribution in [-0.4, -0.2) is 11.5 Å². The molecule has 0 fully saturated rings. The van der Waals surface area contributed by atoms with Crippen LogP contribution in [0.3, 0.4) is 0 Å². The SMILES string of the molecule is CCNc1ccc2nc3cc(-c4ccccc4)ccc3[n+](-c3ccccc3)c2c1.[Cl-]. The second-order valence-corrected chi connectivity index (χ2v) is 7.09. The Bertz CT molecular complexity index is 1300. The van der Waals surface area contributed by atoms with E-state index < -0.39 is 0 Å². The van der Waals surface area contributed by atoms with E-state index in [2.05, 4.69) is 102 Å². The number of hydrogen-bond acceptors (Lipinski definition) is 2. The van der Waals surface area contributed by atoms with E-state index in [1.165, 1.54) is 11.1 Å². The van der Waals surface area contributed by atoms with E-state index in [4.69, 9.17) is 4.98 Å². The minimum absolute atomic E-state index is 0. The van der Waals surface area contributed by atoms with E-state index in [0.29, 0.717) is 0 Å². The van der Waals surface area contributed by atoms with Gasteiger partial charge in [0, 0.05) is 36.5 Å². The van der Waals surface area contributed by atoms with Crippen LogP contribution in [0.15, 0.2) is 97.1 Å². The maximum absolute atomic E-state index is 5.00. The number of rotatable bonds is 4. The fourth-order valence-electron chi connectivity index (χ4n) is 3.84. The Morgan fingerprint density at radius 3 is 2.17 bits per heavy atom. The van der Waals surface area contributed by atoms with Gasteiger partial charge in [-0.25, -0.2) is 4.98 Å². The number of hydrogen-bond donors (Lipinski definition) is 1. The highest BCUT2D eigenvalue weighted by Crippen LogP contribution is 2.25. The molecule has 0 radical (unpaired) electrons. The molecule has 3 nitrogen and oxygen atoms in total. The van der Waals surface area contributed by atoms with Gasteiger partial charge in [-0.3, -0.25) is 0 Å². The van der Waals surface area contributed by atoms with Crippen LogP contribution in [0, 0.1) is 0 Å². The van der Waals surface area contributed by atoms with Gasteiger partial charge in [0.15, 0.2) is 0 Å². The fraction of sp³-hybridized carbons (Fsp3) is 0.0769. The summed E-state index contributed by atoms with van der Waals surface area (Å²) in [5, 5.41) is 3.42. The van der Waals surface area contributed by atoms with Crippen molar-refractivity contribution in [3.63, 3.8) is 0 Å². The third-order valence-electron chi connectivity index (χ3n) is 5.18. The molecule has 0 saturated carbocycles. The minimum Gasteiger partial charge on any atom is -1.00 e. The standard InChI is InChI=1S/C26H21N3.ClH/c1-2-27-21-14-15-23-26(18-21)29(22-11-7-4-8-12-22)25-16-13-20(17-24(25)28-23)19-9-5-3-6-10-19;/h3-18H,2H2,1H3;1H. The largest absolute Gasteiger partial charge is 1.00 e. The highest BCUT2D eigenvalue weighted by atomic mass is 35.5. The van der Waals surface area contributed by atoms with E-state index in [9.17, 15) is 0 Å². The second-order valence-electron chi connectivity index (χ2n) is 7.09. The molecule has 1 N–H and O–H groups in total. The highest BCUT2D eigenvalue weighted by Gasteiger charge is 2.20. The van der Waals surface area contributed by atoms with Crippen molar-refractivity contribution in [3.05, 3.63) is 97.1 Å². The molecule has 5 rings (SSSR count). The van der Waals surface area contributed by atoms with E-state index >= 15 is 0 Å². The minimum atomic E-state index is 0. The van der Waals surface area contributed by atoms with Crippen molar-refractivity contribution in [3.8, 4) is 16.8 Å². The first-order chi connectivity index (χ1) is 14.3. The van der Waals surface area contributed by atoms with Crippen molar-refractivity contribution in [2.75, 3.05) is 11.9 Å². The summed E-state index contributed by atoms with van der Waals surface area (Å²) in [6.07, 6.45) is 0. The molecule has 4 aromatic carbocycles. The monoisotopic (exact) mass is 411 g/mol. The number of nitrogens with one attached hydrogen (secondary N) is 1. The molecule has 30 heavy (non-hydrogen) atoms. The Labute approximate surface area is 182 Å². The highest BCUT2D eigenvalue weighted by molar-refractivity contribution is 5.87. The summed E-state index contributed by atoms with van der Waals surface area (Å²) in [6, 6.07) is 33.9. The van der Waals surface area contributed by atoms with Gasteiger partial charge in [0.2, 0.25) is 16.7 Å². The molecule has 4 heteroatoms. The van der Waals surface area contributed by atoms with Gasteiger partial charge in [0.05, 0.1) is 0 Å². The normalized spacial score (nSPS) is 10.7. The van der Waals surface area contributed by atoms with Crippen molar-refractivity contribution in [2.45, 2.75) is 6.92 Å². The van der Waals surface area contributed by atoms with Gasteiger partial charge < -0.3 is 17.7 Å². The van der Waals surface area contributed by atoms with Crippen LogP contribution >= 0.6 is 0 Å². The summed E-state index contributed by atoms with van der Waals surface area (Å²) in [7, 11) is 0. The lowest BCUT2D eigenvalue weighted by Crippen LogP contribution is -3.00. The van der Waals surface area contributed by atoms with Crippen LogP contribution in [-0.2, 0) is 0 Å². The van der Waals surface area contributed by atoms with E-state index in [1.807, 2.05) is 12.1 Å². The summed E-state index contributed by atoms with van der Waals surface area (Å²) in [6.45, 7) is 3.00. The number of para-hydroxylation sites is 1. The topological polar surface area (TPSA) is 28.8 Å².